The zero-order valence-corrected chi connectivity index (χ0v) is 20.5. The summed E-state index contributed by atoms with van der Waals surface area (Å²) in [6.07, 6.45) is 4.22. The lowest BCUT2D eigenvalue weighted by molar-refractivity contribution is -0.138. The first-order chi connectivity index (χ1) is 17.5. The number of nitrogens with zero attached hydrogens (tertiary/aromatic N) is 1. The number of hydrogen-bond acceptors (Lipinski definition) is 3. The molecule has 36 heavy (non-hydrogen) atoms. The summed E-state index contributed by atoms with van der Waals surface area (Å²) in [4.78, 5) is 25.8. The number of carboxylic acids is 1. The fourth-order valence-electron chi connectivity index (χ4n) is 5.42. The van der Waals surface area contributed by atoms with Crippen molar-refractivity contribution in [1.29, 1.82) is 0 Å². The van der Waals surface area contributed by atoms with Gasteiger partial charge in [-0.25, -0.2) is 4.79 Å². The molecule has 2 N–H and O–H groups in total. The third-order valence-electron chi connectivity index (χ3n) is 7.31. The molecule has 1 fully saturated rings. The molecule has 3 aromatic carbocycles. The maximum absolute atomic E-state index is 13.0. The molecule has 0 spiro atoms. The van der Waals surface area contributed by atoms with Gasteiger partial charge in [0.05, 0.1) is 12.2 Å². The van der Waals surface area contributed by atoms with Gasteiger partial charge < -0.3 is 15.2 Å². The van der Waals surface area contributed by atoms with Gasteiger partial charge in [-0.3, -0.25) is 9.69 Å². The van der Waals surface area contributed by atoms with Crippen LogP contribution in [0.2, 0.25) is 0 Å². The normalized spacial score (nSPS) is 21.2. The molecule has 0 bridgehead atoms. The van der Waals surface area contributed by atoms with E-state index in [0.717, 1.165) is 48.2 Å². The van der Waals surface area contributed by atoms with Gasteiger partial charge in [-0.05, 0) is 85.4 Å². The largest absolute Gasteiger partial charge is 0.487 e. The molecule has 3 aromatic rings. The average molecular weight is 485 g/mol. The highest BCUT2D eigenvalue weighted by atomic mass is 16.5. The standard InChI is InChI=1S/C30H32N2O4/c1-20-19-32(30(35)31-26-5-3-2-4-6-26)27-16-15-25(18-28(27)36-20)24-13-11-23(12-14-24)22-9-7-21(8-10-22)17-29(33)34/h2-6,11-16,18,20-22H,7-10,17,19H2,1H3,(H,31,35)(H,33,34)/t20-,21?,22?/m1/s1. The second-order valence-corrected chi connectivity index (χ2v) is 9.96. The number of carbonyl (C=O) groups excluding carboxylic acids is 1. The lowest BCUT2D eigenvalue weighted by Crippen LogP contribution is -2.44. The average Bonchev–Trinajstić information content (AvgIpc) is 2.88. The molecule has 6 heteroatoms. The second kappa shape index (κ2) is 10.4. The lowest BCUT2D eigenvalue weighted by Gasteiger charge is -2.33. The monoisotopic (exact) mass is 484 g/mol. The number of amides is 2. The van der Waals surface area contributed by atoms with Crippen molar-refractivity contribution in [2.24, 2.45) is 5.92 Å². The molecule has 0 saturated heterocycles. The predicted molar refractivity (Wildman–Crippen MR) is 142 cm³/mol. The first-order valence-corrected chi connectivity index (χ1v) is 12.7. The van der Waals surface area contributed by atoms with Crippen LogP contribution >= 0.6 is 0 Å². The fourth-order valence-corrected chi connectivity index (χ4v) is 5.42. The number of para-hydroxylation sites is 1. The molecule has 1 saturated carbocycles. The minimum Gasteiger partial charge on any atom is -0.487 e. The zero-order chi connectivity index (χ0) is 25.1. The first kappa shape index (κ1) is 23.9. The first-order valence-electron chi connectivity index (χ1n) is 12.7. The van der Waals surface area contributed by atoms with Crippen LogP contribution < -0.4 is 15.0 Å². The van der Waals surface area contributed by atoms with E-state index in [1.807, 2.05) is 55.5 Å². The number of aliphatic carboxylic acids is 1. The summed E-state index contributed by atoms with van der Waals surface area (Å²) in [6, 6.07) is 24.0. The highest BCUT2D eigenvalue weighted by Gasteiger charge is 2.28. The van der Waals surface area contributed by atoms with Crippen LogP contribution in [0.4, 0.5) is 16.2 Å². The van der Waals surface area contributed by atoms with Crippen LogP contribution in [0.1, 0.15) is 50.5 Å². The zero-order valence-electron chi connectivity index (χ0n) is 20.5. The Morgan fingerprint density at radius 2 is 1.64 bits per heavy atom. The number of anilines is 2. The molecule has 1 aliphatic carbocycles. The van der Waals surface area contributed by atoms with Crippen molar-refractivity contribution >= 4 is 23.4 Å². The number of carbonyl (C=O) groups is 2. The van der Waals surface area contributed by atoms with Crippen molar-refractivity contribution in [3.8, 4) is 16.9 Å². The van der Waals surface area contributed by atoms with Crippen molar-refractivity contribution in [3.05, 3.63) is 78.4 Å². The molecule has 0 unspecified atom stereocenters. The molecule has 0 aromatic heterocycles. The Hall–Kier alpha value is -3.80. The number of ether oxygens (including phenoxy) is 1. The number of fused-ring (bicyclic) bond motifs is 1. The second-order valence-electron chi connectivity index (χ2n) is 9.96. The van der Waals surface area contributed by atoms with Crippen molar-refractivity contribution in [1.82, 2.24) is 0 Å². The molecule has 0 radical (unpaired) electrons. The molecule has 1 aliphatic heterocycles. The van der Waals surface area contributed by atoms with Gasteiger partial charge in [0.2, 0.25) is 0 Å². The molecule has 5 rings (SSSR count). The maximum Gasteiger partial charge on any atom is 0.326 e. The third kappa shape index (κ3) is 5.38. The summed E-state index contributed by atoms with van der Waals surface area (Å²) in [7, 11) is 0. The third-order valence-corrected chi connectivity index (χ3v) is 7.31. The highest BCUT2D eigenvalue weighted by Crippen LogP contribution is 2.40. The maximum atomic E-state index is 13.0. The van der Waals surface area contributed by atoms with Crippen LogP contribution in [-0.4, -0.2) is 29.8 Å². The van der Waals surface area contributed by atoms with Gasteiger partial charge in [-0.2, -0.15) is 0 Å². The minimum absolute atomic E-state index is 0.118. The van der Waals surface area contributed by atoms with E-state index in [9.17, 15) is 9.59 Å². The smallest absolute Gasteiger partial charge is 0.326 e. The van der Waals surface area contributed by atoms with Crippen LogP contribution in [0.3, 0.4) is 0 Å². The molecule has 2 amide bonds. The molecule has 2 aliphatic rings. The van der Waals surface area contributed by atoms with Crippen LogP contribution in [0.5, 0.6) is 5.75 Å². The Balaban J connectivity index is 1.29. The van der Waals surface area contributed by atoms with Gasteiger partial charge in [0.15, 0.2) is 0 Å². The van der Waals surface area contributed by atoms with Gasteiger partial charge in [0.1, 0.15) is 11.9 Å². The topological polar surface area (TPSA) is 78.9 Å². The number of nitrogens with one attached hydrogen (secondary N) is 1. The van der Waals surface area contributed by atoms with E-state index >= 15 is 0 Å². The summed E-state index contributed by atoms with van der Waals surface area (Å²) in [5, 5.41) is 12.0. The predicted octanol–water partition coefficient (Wildman–Crippen LogP) is 6.92. The number of rotatable bonds is 5. The summed E-state index contributed by atoms with van der Waals surface area (Å²) in [5.41, 5.74) is 4.99. The number of urea groups is 1. The molecular formula is C30H32N2O4. The van der Waals surface area contributed by atoms with Gasteiger partial charge in [-0.15, -0.1) is 0 Å². The summed E-state index contributed by atoms with van der Waals surface area (Å²) >= 11 is 0. The summed E-state index contributed by atoms with van der Waals surface area (Å²) in [6.45, 7) is 2.45. The molecule has 1 heterocycles. The molecule has 1 atom stereocenters. The van der Waals surface area contributed by atoms with E-state index < -0.39 is 5.97 Å². The van der Waals surface area contributed by atoms with E-state index in [1.165, 1.54) is 5.56 Å². The van der Waals surface area contributed by atoms with Gasteiger partial charge in [-0.1, -0.05) is 48.5 Å². The SMILES string of the molecule is C[C@@H]1CN(C(=O)Nc2ccccc2)c2ccc(-c3ccc(C4CCC(CC(=O)O)CC4)cc3)cc2O1. The Labute approximate surface area is 211 Å². The van der Waals surface area contributed by atoms with Crippen molar-refractivity contribution in [2.75, 3.05) is 16.8 Å². The van der Waals surface area contributed by atoms with Gasteiger partial charge >= 0.3 is 12.0 Å². The molecular weight excluding hydrogens is 452 g/mol. The van der Waals surface area contributed by atoms with E-state index in [2.05, 4.69) is 29.6 Å². The van der Waals surface area contributed by atoms with Crippen LogP contribution in [0.25, 0.3) is 11.1 Å². The van der Waals surface area contributed by atoms with Gasteiger partial charge in [0.25, 0.3) is 0 Å². The van der Waals surface area contributed by atoms with Gasteiger partial charge in [0, 0.05) is 12.1 Å². The van der Waals surface area contributed by atoms with E-state index in [0.29, 0.717) is 24.1 Å². The fraction of sp³-hybridized carbons (Fsp3) is 0.333. The lowest BCUT2D eigenvalue weighted by atomic mass is 9.77. The van der Waals surface area contributed by atoms with Crippen LogP contribution in [0, 0.1) is 5.92 Å². The Morgan fingerprint density at radius 3 is 2.33 bits per heavy atom. The van der Waals surface area contributed by atoms with Crippen molar-refractivity contribution < 1.29 is 19.4 Å². The van der Waals surface area contributed by atoms with E-state index in [4.69, 9.17) is 9.84 Å². The van der Waals surface area contributed by atoms with Crippen molar-refractivity contribution in [3.63, 3.8) is 0 Å². The summed E-state index contributed by atoms with van der Waals surface area (Å²) in [5.74, 6) is 0.820. The summed E-state index contributed by atoms with van der Waals surface area (Å²) < 4.78 is 6.12. The van der Waals surface area contributed by atoms with Crippen LogP contribution in [0.15, 0.2) is 72.8 Å². The van der Waals surface area contributed by atoms with Crippen molar-refractivity contribution in [2.45, 2.75) is 51.0 Å². The quantitative estimate of drug-likeness (QED) is 0.412. The number of benzene rings is 3. The van der Waals surface area contributed by atoms with Crippen LogP contribution in [-0.2, 0) is 4.79 Å². The molecule has 186 valence electrons. The van der Waals surface area contributed by atoms with E-state index in [-0.39, 0.29) is 18.6 Å². The highest BCUT2D eigenvalue weighted by molar-refractivity contribution is 6.03. The Morgan fingerprint density at radius 1 is 0.944 bits per heavy atom. The Bertz CT molecular complexity index is 1220. The minimum atomic E-state index is -0.689. The number of carboxylic acid groups (broad SMARTS) is 1. The number of hydrogen-bond donors (Lipinski definition) is 2. The Kier molecular flexibility index (Phi) is 6.94. The molecule has 6 nitrogen and oxygen atoms in total. The van der Waals surface area contributed by atoms with E-state index in [1.54, 1.807) is 4.90 Å².